The molecule has 2 heterocycles. The maximum Gasteiger partial charge on any atom is 0.414 e. The van der Waals surface area contributed by atoms with Crippen LogP contribution in [0.15, 0.2) is 48.5 Å². The highest BCUT2D eigenvalue weighted by Crippen LogP contribution is 2.36. The molecule has 1 saturated carbocycles. The first-order chi connectivity index (χ1) is 16.5. The van der Waals surface area contributed by atoms with E-state index in [-0.39, 0.29) is 23.9 Å². The van der Waals surface area contributed by atoms with Crippen molar-refractivity contribution in [1.29, 1.82) is 0 Å². The van der Waals surface area contributed by atoms with E-state index >= 15 is 0 Å². The fraction of sp³-hybridized carbons (Fsp3) is 0.444. The summed E-state index contributed by atoms with van der Waals surface area (Å²) in [5.74, 6) is 0.499. The molecule has 7 heteroatoms. The molecule has 3 fully saturated rings. The second-order valence-electron chi connectivity index (χ2n) is 9.63. The smallest absolute Gasteiger partial charge is 0.414 e. The first kappa shape index (κ1) is 22.4. The van der Waals surface area contributed by atoms with E-state index in [0.29, 0.717) is 41.1 Å². The van der Waals surface area contributed by atoms with Crippen LogP contribution in [-0.2, 0) is 4.74 Å². The van der Waals surface area contributed by atoms with Crippen molar-refractivity contribution in [3.05, 3.63) is 59.7 Å². The van der Waals surface area contributed by atoms with E-state index in [2.05, 4.69) is 10.2 Å². The number of cyclic esters (lactones) is 1. The molecule has 0 spiro atoms. The van der Waals surface area contributed by atoms with Crippen LogP contribution in [0.2, 0.25) is 0 Å². The van der Waals surface area contributed by atoms with Gasteiger partial charge in [-0.1, -0.05) is 12.8 Å². The summed E-state index contributed by atoms with van der Waals surface area (Å²) in [6, 6.07) is 14.4. The normalized spacial score (nSPS) is 24.4. The summed E-state index contributed by atoms with van der Waals surface area (Å²) in [7, 11) is 0. The summed E-state index contributed by atoms with van der Waals surface area (Å²) in [4.78, 5) is 41.5. The Kier molecular flexibility index (Phi) is 6.26. The van der Waals surface area contributed by atoms with Crippen LogP contribution in [0, 0.1) is 5.92 Å². The van der Waals surface area contributed by atoms with Gasteiger partial charge in [0.1, 0.15) is 6.61 Å². The maximum atomic E-state index is 13.2. The average molecular weight is 462 g/mol. The van der Waals surface area contributed by atoms with Gasteiger partial charge < -0.3 is 15.0 Å². The first-order valence-electron chi connectivity index (χ1n) is 12.3. The molecule has 2 aliphatic heterocycles. The summed E-state index contributed by atoms with van der Waals surface area (Å²) in [6.07, 6.45) is 6.78. The molecule has 0 radical (unpaired) electrons. The van der Waals surface area contributed by atoms with Crippen LogP contribution in [0.3, 0.4) is 0 Å². The van der Waals surface area contributed by atoms with Gasteiger partial charge in [-0.05, 0) is 87.1 Å². The van der Waals surface area contributed by atoms with Gasteiger partial charge in [0.2, 0.25) is 0 Å². The number of carbonyl (C=O) groups is 3. The quantitative estimate of drug-likeness (QED) is 0.689. The van der Waals surface area contributed by atoms with Crippen molar-refractivity contribution < 1.29 is 19.1 Å². The lowest BCUT2D eigenvalue weighted by Crippen LogP contribution is -2.49. The molecule has 2 saturated heterocycles. The van der Waals surface area contributed by atoms with Crippen molar-refractivity contribution in [3.63, 3.8) is 0 Å². The molecule has 5 rings (SSSR count). The van der Waals surface area contributed by atoms with E-state index in [1.165, 1.54) is 25.7 Å². The average Bonchev–Trinajstić information content (AvgIpc) is 3.21. The number of benzene rings is 2. The fourth-order valence-corrected chi connectivity index (χ4v) is 5.59. The number of hydrogen-bond donors (Lipinski definition) is 1. The van der Waals surface area contributed by atoms with Crippen molar-refractivity contribution in [1.82, 2.24) is 4.90 Å². The van der Waals surface area contributed by atoms with E-state index in [0.717, 1.165) is 19.4 Å². The molecule has 0 aromatic heterocycles. The molecule has 3 amide bonds. The van der Waals surface area contributed by atoms with Crippen LogP contribution in [0.25, 0.3) is 0 Å². The Hall–Kier alpha value is -3.35. The maximum absolute atomic E-state index is 13.2. The molecule has 3 aliphatic rings. The van der Waals surface area contributed by atoms with Crippen molar-refractivity contribution in [2.45, 2.75) is 57.5 Å². The third-order valence-electron chi connectivity index (χ3n) is 7.39. The van der Waals surface area contributed by atoms with Crippen LogP contribution in [0.4, 0.5) is 16.2 Å². The number of fused-ring (bicyclic) bond motifs is 1. The van der Waals surface area contributed by atoms with Crippen LogP contribution in [-0.4, -0.2) is 48.0 Å². The zero-order valence-corrected chi connectivity index (χ0v) is 19.5. The Morgan fingerprint density at radius 1 is 0.912 bits per heavy atom. The molecule has 1 unspecified atom stereocenters. The number of anilines is 2. The number of carbonyl (C=O) groups excluding carboxylic acids is 3. The number of piperidine rings is 1. The van der Waals surface area contributed by atoms with Gasteiger partial charge in [-0.25, -0.2) is 4.79 Å². The highest BCUT2D eigenvalue weighted by Gasteiger charge is 2.36. The van der Waals surface area contributed by atoms with Gasteiger partial charge in [-0.2, -0.15) is 0 Å². The number of likely N-dealkylation sites (tertiary alicyclic amines) is 1. The zero-order chi connectivity index (χ0) is 23.7. The minimum absolute atomic E-state index is 0.0395. The van der Waals surface area contributed by atoms with Gasteiger partial charge in [-0.3, -0.25) is 14.5 Å². The molecule has 178 valence electrons. The third kappa shape index (κ3) is 4.39. The van der Waals surface area contributed by atoms with Crippen molar-refractivity contribution in [3.8, 4) is 0 Å². The monoisotopic (exact) mass is 461 g/mol. The molecule has 0 bridgehead atoms. The van der Waals surface area contributed by atoms with Crippen molar-refractivity contribution in [2.24, 2.45) is 5.92 Å². The molecule has 34 heavy (non-hydrogen) atoms. The molecule has 1 N–H and O–H groups in total. The van der Waals surface area contributed by atoms with Gasteiger partial charge in [0.15, 0.2) is 0 Å². The Labute approximate surface area is 200 Å². The van der Waals surface area contributed by atoms with Gasteiger partial charge in [0, 0.05) is 35.1 Å². The van der Waals surface area contributed by atoms with Crippen LogP contribution >= 0.6 is 0 Å². The highest BCUT2D eigenvalue weighted by molar-refractivity contribution is 6.05. The SMILES string of the molecule is CC1COC(=O)N1c1ccc(C(=O)Nc2ccc(C(=O)N3CCC[C@@H]4CCCC[C@@H]43)cc2)cc1. The third-order valence-corrected chi connectivity index (χ3v) is 7.39. The Bertz CT molecular complexity index is 1060. The van der Waals surface area contributed by atoms with Crippen LogP contribution in [0.5, 0.6) is 0 Å². The topological polar surface area (TPSA) is 79.0 Å². The standard InChI is InChI=1S/C27H31N3O4/c1-18-17-34-27(33)30(18)23-14-10-20(11-15-23)25(31)28-22-12-8-21(9-13-22)26(32)29-16-4-6-19-5-2-3-7-24(19)29/h8-15,18-19,24H,2-7,16-17H2,1H3,(H,28,31)/t18?,19-,24-/m0/s1. The summed E-state index contributed by atoms with van der Waals surface area (Å²) in [5.41, 5.74) is 2.49. The molecule has 7 nitrogen and oxygen atoms in total. The summed E-state index contributed by atoms with van der Waals surface area (Å²) < 4.78 is 5.06. The molecular formula is C27H31N3O4. The minimum Gasteiger partial charge on any atom is -0.447 e. The summed E-state index contributed by atoms with van der Waals surface area (Å²) in [6.45, 7) is 3.11. The Morgan fingerprint density at radius 2 is 1.59 bits per heavy atom. The van der Waals surface area contributed by atoms with E-state index in [4.69, 9.17) is 4.74 Å². The number of ether oxygens (including phenoxy) is 1. The van der Waals surface area contributed by atoms with E-state index in [1.807, 2.05) is 6.92 Å². The molecular weight excluding hydrogens is 430 g/mol. The van der Waals surface area contributed by atoms with E-state index in [1.54, 1.807) is 53.4 Å². The van der Waals surface area contributed by atoms with Crippen molar-refractivity contribution >= 4 is 29.3 Å². The number of nitrogens with one attached hydrogen (secondary N) is 1. The predicted octanol–water partition coefficient (Wildman–Crippen LogP) is 5.08. The van der Waals surface area contributed by atoms with Gasteiger partial charge in [0.05, 0.1) is 6.04 Å². The molecule has 2 aromatic rings. The first-order valence-corrected chi connectivity index (χ1v) is 12.3. The largest absolute Gasteiger partial charge is 0.447 e. The van der Waals surface area contributed by atoms with Crippen LogP contribution < -0.4 is 10.2 Å². The molecule has 1 aliphatic carbocycles. The van der Waals surface area contributed by atoms with Gasteiger partial charge >= 0.3 is 6.09 Å². The minimum atomic E-state index is -0.372. The van der Waals surface area contributed by atoms with Gasteiger partial charge in [0.25, 0.3) is 11.8 Å². The summed E-state index contributed by atoms with van der Waals surface area (Å²) >= 11 is 0. The Balaban J connectivity index is 1.22. The lowest BCUT2D eigenvalue weighted by molar-refractivity contribution is 0.0390. The number of hydrogen-bond acceptors (Lipinski definition) is 4. The second-order valence-corrected chi connectivity index (χ2v) is 9.63. The fourth-order valence-electron chi connectivity index (χ4n) is 5.59. The number of amides is 3. The number of rotatable bonds is 4. The van der Waals surface area contributed by atoms with Crippen molar-refractivity contribution in [2.75, 3.05) is 23.4 Å². The predicted molar refractivity (Wildman–Crippen MR) is 130 cm³/mol. The highest BCUT2D eigenvalue weighted by atomic mass is 16.6. The van der Waals surface area contributed by atoms with Crippen LogP contribution in [0.1, 0.15) is 66.2 Å². The summed E-state index contributed by atoms with van der Waals surface area (Å²) in [5, 5.41) is 2.89. The second kappa shape index (κ2) is 9.49. The molecule has 2 aromatic carbocycles. The lowest BCUT2D eigenvalue weighted by atomic mass is 9.78. The van der Waals surface area contributed by atoms with Gasteiger partial charge in [-0.15, -0.1) is 0 Å². The molecule has 3 atom stereocenters. The lowest BCUT2D eigenvalue weighted by Gasteiger charge is -2.44. The number of nitrogens with zero attached hydrogens (tertiary/aromatic N) is 2. The zero-order valence-electron chi connectivity index (χ0n) is 19.5. The van der Waals surface area contributed by atoms with E-state index < -0.39 is 0 Å². The van der Waals surface area contributed by atoms with E-state index in [9.17, 15) is 14.4 Å². The Morgan fingerprint density at radius 3 is 2.29 bits per heavy atom.